The molecule has 0 saturated carbocycles. The van der Waals surface area contributed by atoms with Crippen LogP contribution in [-0.4, -0.2) is 63.9 Å². The van der Waals surface area contributed by atoms with E-state index in [9.17, 15) is 4.79 Å². The van der Waals surface area contributed by atoms with Crippen LogP contribution in [0.25, 0.3) is 0 Å². The van der Waals surface area contributed by atoms with Crippen LogP contribution in [0.1, 0.15) is 12.8 Å². The number of nitrogens with zero attached hydrogens (tertiary/aromatic N) is 1. The van der Waals surface area contributed by atoms with Gasteiger partial charge in [0.15, 0.2) is 0 Å². The van der Waals surface area contributed by atoms with Crippen molar-refractivity contribution in [1.82, 2.24) is 10.2 Å². The summed E-state index contributed by atoms with van der Waals surface area (Å²) in [5.74, 6) is 0.0797. The molecule has 1 unspecified atom stereocenters. The summed E-state index contributed by atoms with van der Waals surface area (Å²) in [4.78, 5) is 13.6. The van der Waals surface area contributed by atoms with Crippen molar-refractivity contribution in [1.29, 1.82) is 0 Å². The fourth-order valence-electron chi connectivity index (χ4n) is 1.83. The number of carbonyl (C=O) groups excluding carboxylic acids is 1. The normalized spacial score (nSPS) is 21.1. The Bertz CT molecular complexity index is 211. The zero-order chi connectivity index (χ0) is 11.8. The van der Waals surface area contributed by atoms with Gasteiger partial charge in [0.2, 0.25) is 5.91 Å². The lowest BCUT2D eigenvalue weighted by Crippen LogP contribution is -2.48. The van der Waals surface area contributed by atoms with Crippen molar-refractivity contribution in [3.05, 3.63) is 0 Å². The number of likely N-dealkylation sites (tertiary alicyclic amines) is 1. The van der Waals surface area contributed by atoms with Gasteiger partial charge in [-0.25, -0.2) is 0 Å². The van der Waals surface area contributed by atoms with Gasteiger partial charge in [-0.15, -0.1) is 0 Å². The number of nitrogens with one attached hydrogen (secondary N) is 1. The molecule has 94 valence electrons. The predicted molar refractivity (Wildman–Crippen MR) is 61.4 cm³/mol. The third-order valence-electron chi connectivity index (χ3n) is 2.84. The van der Waals surface area contributed by atoms with Gasteiger partial charge in [0.1, 0.15) is 6.61 Å². The Morgan fingerprint density at radius 1 is 1.50 bits per heavy atom. The van der Waals surface area contributed by atoms with Gasteiger partial charge in [0.05, 0.1) is 13.2 Å². The van der Waals surface area contributed by atoms with Crippen molar-refractivity contribution in [2.75, 3.05) is 47.1 Å². The second-order valence-corrected chi connectivity index (χ2v) is 4.01. The van der Waals surface area contributed by atoms with Crippen molar-refractivity contribution in [3.8, 4) is 0 Å². The van der Waals surface area contributed by atoms with Crippen molar-refractivity contribution < 1.29 is 14.3 Å². The van der Waals surface area contributed by atoms with Crippen LogP contribution in [0.3, 0.4) is 0 Å². The van der Waals surface area contributed by atoms with Crippen LogP contribution < -0.4 is 5.32 Å². The lowest BCUT2D eigenvalue weighted by Gasteiger charge is -2.32. The Labute approximate surface area is 97.1 Å². The van der Waals surface area contributed by atoms with Gasteiger partial charge in [-0.2, -0.15) is 0 Å². The lowest BCUT2D eigenvalue weighted by molar-refractivity contribution is -0.137. The summed E-state index contributed by atoms with van der Waals surface area (Å²) in [5.41, 5.74) is 0. The zero-order valence-corrected chi connectivity index (χ0v) is 10.2. The molecule has 5 heteroatoms. The molecule has 0 aromatic heterocycles. The first-order chi connectivity index (χ1) is 7.77. The number of carbonyl (C=O) groups is 1. The van der Waals surface area contributed by atoms with Crippen LogP contribution in [0, 0.1) is 0 Å². The van der Waals surface area contributed by atoms with Gasteiger partial charge < -0.3 is 19.7 Å². The number of methoxy groups -OCH3 is 1. The van der Waals surface area contributed by atoms with Crippen molar-refractivity contribution in [2.24, 2.45) is 0 Å². The number of hydrogen-bond acceptors (Lipinski definition) is 4. The largest absolute Gasteiger partial charge is 0.382 e. The summed E-state index contributed by atoms with van der Waals surface area (Å²) in [7, 11) is 3.56. The Balaban J connectivity index is 2.19. The minimum absolute atomic E-state index is 0.0797. The van der Waals surface area contributed by atoms with Gasteiger partial charge in [-0.05, 0) is 19.9 Å². The number of hydrogen-bond donors (Lipinski definition) is 1. The van der Waals surface area contributed by atoms with Crippen LogP contribution >= 0.6 is 0 Å². The first-order valence-corrected chi connectivity index (χ1v) is 5.79. The molecule has 1 atom stereocenters. The minimum Gasteiger partial charge on any atom is -0.382 e. The second kappa shape index (κ2) is 7.60. The summed E-state index contributed by atoms with van der Waals surface area (Å²) < 4.78 is 10.1. The Kier molecular flexibility index (Phi) is 6.37. The van der Waals surface area contributed by atoms with E-state index in [-0.39, 0.29) is 12.5 Å². The molecule has 16 heavy (non-hydrogen) atoms. The Morgan fingerprint density at radius 3 is 3.00 bits per heavy atom. The number of likely N-dealkylation sites (N-methyl/N-ethyl adjacent to an activating group) is 1. The van der Waals surface area contributed by atoms with E-state index in [1.807, 2.05) is 11.9 Å². The van der Waals surface area contributed by atoms with Gasteiger partial charge in [0, 0.05) is 26.2 Å². The van der Waals surface area contributed by atoms with Crippen molar-refractivity contribution in [2.45, 2.75) is 18.9 Å². The zero-order valence-electron chi connectivity index (χ0n) is 10.2. The second-order valence-electron chi connectivity index (χ2n) is 4.01. The van der Waals surface area contributed by atoms with E-state index in [1.54, 1.807) is 7.11 Å². The van der Waals surface area contributed by atoms with Gasteiger partial charge >= 0.3 is 0 Å². The van der Waals surface area contributed by atoms with Crippen molar-refractivity contribution >= 4 is 5.91 Å². The first-order valence-electron chi connectivity index (χ1n) is 5.79. The number of amides is 1. The highest BCUT2D eigenvalue weighted by atomic mass is 16.5. The summed E-state index contributed by atoms with van der Waals surface area (Å²) in [6, 6.07) is 0.427. The fraction of sp³-hybridized carbons (Fsp3) is 0.909. The van der Waals surface area contributed by atoms with Crippen LogP contribution in [-0.2, 0) is 14.3 Å². The monoisotopic (exact) mass is 230 g/mol. The molecule has 1 saturated heterocycles. The molecule has 0 radical (unpaired) electrons. The molecule has 1 amide bonds. The van der Waals surface area contributed by atoms with Crippen LogP contribution in [0.4, 0.5) is 0 Å². The maximum Gasteiger partial charge on any atom is 0.248 e. The van der Waals surface area contributed by atoms with Crippen LogP contribution in [0.2, 0.25) is 0 Å². The molecule has 1 N–H and O–H groups in total. The van der Waals surface area contributed by atoms with Gasteiger partial charge in [0.25, 0.3) is 0 Å². The molecule has 1 aliphatic rings. The molecular formula is C11H22N2O3. The topological polar surface area (TPSA) is 50.8 Å². The third kappa shape index (κ3) is 4.47. The molecule has 0 aromatic rings. The quantitative estimate of drug-likeness (QED) is 0.645. The highest BCUT2D eigenvalue weighted by Gasteiger charge is 2.22. The van der Waals surface area contributed by atoms with E-state index in [4.69, 9.17) is 9.47 Å². The molecule has 0 aromatic carbocycles. The highest BCUT2D eigenvalue weighted by molar-refractivity contribution is 5.77. The smallest absolute Gasteiger partial charge is 0.248 e. The molecule has 1 aliphatic heterocycles. The molecular weight excluding hydrogens is 208 g/mol. The Morgan fingerprint density at radius 2 is 2.31 bits per heavy atom. The molecule has 1 heterocycles. The summed E-state index contributed by atoms with van der Waals surface area (Å²) in [5, 5.41) is 3.21. The first kappa shape index (κ1) is 13.4. The maximum atomic E-state index is 11.8. The third-order valence-corrected chi connectivity index (χ3v) is 2.84. The van der Waals surface area contributed by atoms with Gasteiger partial charge in [-0.3, -0.25) is 4.79 Å². The number of piperidine rings is 1. The molecule has 1 fully saturated rings. The average molecular weight is 230 g/mol. The summed E-state index contributed by atoms with van der Waals surface area (Å²) >= 11 is 0. The predicted octanol–water partition coefficient (Wildman–Crippen LogP) is -0.140. The van der Waals surface area contributed by atoms with E-state index >= 15 is 0 Å². The highest BCUT2D eigenvalue weighted by Crippen LogP contribution is 2.09. The molecule has 0 bridgehead atoms. The summed E-state index contributed by atoms with van der Waals surface area (Å²) in [6.07, 6.45) is 2.21. The standard InChI is InChI=1S/C11H22N2O3/c1-12-10-4-3-5-13(8-10)11(14)9-16-7-6-15-2/h10,12H,3-9H2,1-2H3. The van der Waals surface area contributed by atoms with Crippen LogP contribution in [0.5, 0.6) is 0 Å². The lowest BCUT2D eigenvalue weighted by atomic mass is 10.1. The molecule has 0 spiro atoms. The molecule has 0 aliphatic carbocycles. The van der Waals surface area contributed by atoms with E-state index in [0.717, 1.165) is 25.9 Å². The van der Waals surface area contributed by atoms with E-state index < -0.39 is 0 Å². The summed E-state index contributed by atoms with van der Waals surface area (Å²) in [6.45, 7) is 2.82. The van der Waals surface area contributed by atoms with E-state index in [2.05, 4.69) is 5.32 Å². The van der Waals surface area contributed by atoms with E-state index in [1.165, 1.54) is 0 Å². The Hall–Kier alpha value is -0.650. The van der Waals surface area contributed by atoms with Crippen molar-refractivity contribution in [3.63, 3.8) is 0 Å². The van der Waals surface area contributed by atoms with E-state index in [0.29, 0.717) is 19.3 Å². The SMILES string of the molecule is CNC1CCCN(C(=O)COCCOC)C1. The molecule has 5 nitrogen and oxygen atoms in total. The number of rotatable bonds is 6. The van der Waals surface area contributed by atoms with Gasteiger partial charge in [-0.1, -0.05) is 0 Å². The minimum atomic E-state index is 0.0797. The van der Waals surface area contributed by atoms with Crippen LogP contribution in [0.15, 0.2) is 0 Å². The number of ether oxygens (including phenoxy) is 2. The fourth-order valence-corrected chi connectivity index (χ4v) is 1.83. The molecule has 1 rings (SSSR count). The maximum absolute atomic E-state index is 11.8. The average Bonchev–Trinajstić information content (AvgIpc) is 2.34.